The molecule has 66 valence electrons. The third-order valence-electron chi connectivity index (χ3n) is 1.80. The normalized spacial score (nSPS) is 15.9. The van der Waals surface area contributed by atoms with Gasteiger partial charge in [0.1, 0.15) is 0 Å². The molecule has 0 aliphatic heterocycles. The van der Waals surface area contributed by atoms with Crippen molar-refractivity contribution < 1.29 is 4.79 Å². The van der Waals surface area contributed by atoms with Gasteiger partial charge in [0.05, 0.1) is 6.04 Å². The summed E-state index contributed by atoms with van der Waals surface area (Å²) in [5.74, 6) is 0.107. The average Bonchev–Trinajstić information content (AvgIpc) is 1.87. The first-order valence-corrected chi connectivity index (χ1v) is 4.12. The number of hydrogen-bond acceptors (Lipinski definition) is 2. The van der Waals surface area contributed by atoms with Gasteiger partial charge in [-0.05, 0) is 12.3 Å². The molecule has 3 nitrogen and oxygen atoms in total. The van der Waals surface area contributed by atoms with E-state index in [-0.39, 0.29) is 0 Å². The highest BCUT2D eigenvalue weighted by Gasteiger charge is 2.12. The van der Waals surface area contributed by atoms with E-state index in [1.54, 1.807) is 0 Å². The molecule has 1 amide bonds. The minimum absolute atomic E-state index is 0.395. The van der Waals surface area contributed by atoms with Crippen LogP contribution in [0.4, 0.5) is 0 Å². The number of carbonyl (C=O) groups excluding carboxylic acids is 1. The summed E-state index contributed by atoms with van der Waals surface area (Å²) in [6.07, 6.45) is 2.96. The molecule has 0 bridgehead atoms. The molecule has 0 spiro atoms. The first-order valence-electron chi connectivity index (χ1n) is 4.12. The maximum atomic E-state index is 10.5. The van der Waals surface area contributed by atoms with Gasteiger partial charge in [-0.1, -0.05) is 26.7 Å². The van der Waals surface area contributed by atoms with Crippen LogP contribution in [0.3, 0.4) is 0 Å². The molecule has 0 heterocycles. The van der Waals surface area contributed by atoms with Crippen LogP contribution in [-0.2, 0) is 4.79 Å². The molecule has 2 unspecified atom stereocenters. The Kier molecular flexibility index (Phi) is 4.86. The molecule has 11 heavy (non-hydrogen) atoms. The maximum absolute atomic E-state index is 10.5. The molecule has 4 N–H and O–H groups in total. The second-order valence-electron chi connectivity index (χ2n) is 3.14. The Morgan fingerprint density at radius 1 is 1.55 bits per heavy atom. The summed E-state index contributed by atoms with van der Waals surface area (Å²) in [4.78, 5) is 10.5. The second kappa shape index (κ2) is 5.13. The molecule has 0 aliphatic rings. The van der Waals surface area contributed by atoms with Crippen LogP contribution in [0.15, 0.2) is 0 Å². The monoisotopic (exact) mass is 158 g/mol. The van der Waals surface area contributed by atoms with Crippen LogP contribution in [0.25, 0.3) is 0 Å². The Balaban J connectivity index is 3.56. The summed E-state index contributed by atoms with van der Waals surface area (Å²) in [6, 6.07) is -0.462. The predicted octanol–water partition coefficient (Wildman–Crippen LogP) is 0.625. The van der Waals surface area contributed by atoms with E-state index in [4.69, 9.17) is 11.5 Å². The van der Waals surface area contributed by atoms with Gasteiger partial charge in [0.2, 0.25) is 5.91 Å². The fraction of sp³-hybridized carbons (Fsp3) is 0.875. The number of nitrogens with two attached hydrogens (primary N) is 2. The van der Waals surface area contributed by atoms with Crippen LogP contribution in [0.2, 0.25) is 0 Å². The minimum Gasteiger partial charge on any atom is -0.368 e. The zero-order valence-corrected chi connectivity index (χ0v) is 7.34. The lowest BCUT2D eigenvalue weighted by atomic mass is 9.97. The molecule has 0 rings (SSSR count). The van der Waals surface area contributed by atoms with Gasteiger partial charge in [0.15, 0.2) is 0 Å². The van der Waals surface area contributed by atoms with E-state index in [0.29, 0.717) is 12.3 Å². The third-order valence-corrected chi connectivity index (χ3v) is 1.80. The molecule has 0 aromatic carbocycles. The van der Waals surface area contributed by atoms with Crippen LogP contribution in [0.5, 0.6) is 0 Å². The second-order valence-corrected chi connectivity index (χ2v) is 3.14. The van der Waals surface area contributed by atoms with Gasteiger partial charge in [-0.25, -0.2) is 0 Å². The van der Waals surface area contributed by atoms with Crippen molar-refractivity contribution in [3.05, 3.63) is 0 Å². The summed E-state index contributed by atoms with van der Waals surface area (Å²) in [5.41, 5.74) is 10.5. The number of amides is 1. The van der Waals surface area contributed by atoms with E-state index >= 15 is 0 Å². The number of hydrogen-bond donors (Lipinski definition) is 2. The lowest BCUT2D eigenvalue weighted by Crippen LogP contribution is -2.37. The molecule has 0 radical (unpaired) electrons. The molecule has 2 atom stereocenters. The zero-order chi connectivity index (χ0) is 8.85. The quantitative estimate of drug-likeness (QED) is 0.616. The van der Waals surface area contributed by atoms with E-state index in [0.717, 1.165) is 12.8 Å². The van der Waals surface area contributed by atoms with Crippen LogP contribution < -0.4 is 11.5 Å². The number of carbonyl (C=O) groups is 1. The summed E-state index contributed by atoms with van der Waals surface area (Å²) in [7, 11) is 0. The molecule has 0 fully saturated rings. The number of rotatable bonds is 5. The summed E-state index contributed by atoms with van der Waals surface area (Å²) >= 11 is 0. The molecule has 0 aromatic heterocycles. The van der Waals surface area contributed by atoms with E-state index < -0.39 is 11.9 Å². The molecular formula is C8H18N2O. The Bertz CT molecular complexity index is 125. The molecular weight excluding hydrogens is 140 g/mol. The van der Waals surface area contributed by atoms with Crippen molar-refractivity contribution in [2.75, 3.05) is 0 Å². The van der Waals surface area contributed by atoms with Crippen molar-refractivity contribution in [2.45, 2.75) is 39.2 Å². The fourth-order valence-corrected chi connectivity index (χ4v) is 1.16. The SMILES string of the molecule is CCCC(C)CC(N)C(N)=O. The highest BCUT2D eigenvalue weighted by atomic mass is 16.1. The smallest absolute Gasteiger partial charge is 0.234 e. The summed E-state index contributed by atoms with van der Waals surface area (Å²) < 4.78 is 0. The summed E-state index contributed by atoms with van der Waals surface area (Å²) in [6.45, 7) is 4.21. The van der Waals surface area contributed by atoms with E-state index in [1.165, 1.54) is 0 Å². The van der Waals surface area contributed by atoms with E-state index in [2.05, 4.69) is 13.8 Å². The Morgan fingerprint density at radius 3 is 2.45 bits per heavy atom. The zero-order valence-electron chi connectivity index (χ0n) is 7.34. The first kappa shape index (κ1) is 10.4. The largest absolute Gasteiger partial charge is 0.368 e. The van der Waals surface area contributed by atoms with Crippen molar-refractivity contribution in [1.82, 2.24) is 0 Å². The van der Waals surface area contributed by atoms with Crippen molar-refractivity contribution in [3.8, 4) is 0 Å². The van der Waals surface area contributed by atoms with Crippen LogP contribution >= 0.6 is 0 Å². The van der Waals surface area contributed by atoms with E-state index in [1.807, 2.05) is 0 Å². The lowest BCUT2D eigenvalue weighted by molar-refractivity contribution is -0.119. The van der Waals surface area contributed by atoms with Gasteiger partial charge in [0, 0.05) is 0 Å². The molecule has 0 aromatic rings. The van der Waals surface area contributed by atoms with Gasteiger partial charge in [-0.2, -0.15) is 0 Å². The number of primary amides is 1. The fourth-order valence-electron chi connectivity index (χ4n) is 1.16. The molecule has 0 aliphatic carbocycles. The minimum atomic E-state index is -0.462. The average molecular weight is 158 g/mol. The molecule has 0 saturated carbocycles. The molecule has 3 heteroatoms. The highest BCUT2D eigenvalue weighted by molar-refractivity contribution is 5.79. The molecule has 0 saturated heterocycles. The van der Waals surface area contributed by atoms with Crippen LogP contribution in [0.1, 0.15) is 33.1 Å². The lowest BCUT2D eigenvalue weighted by Gasteiger charge is -2.13. The van der Waals surface area contributed by atoms with Gasteiger partial charge >= 0.3 is 0 Å². The van der Waals surface area contributed by atoms with Crippen LogP contribution in [0, 0.1) is 5.92 Å². The van der Waals surface area contributed by atoms with Crippen molar-refractivity contribution in [1.29, 1.82) is 0 Å². The third kappa shape index (κ3) is 4.79. The highest BCUT2D eigenvalue weighted by Crippen LogP contribution is 2.10. The predicted molar refractivity (Wildman–Crippen MR) is 45.9 cm³/mol. The first-order chi connectivity index (χ1) is 5.07. The van der Waals surface area contributed by atoms with Gasteiger partial charge in [-0.3, -0.25) is 4.79 Å². The van der Waals surface area contributed by atoms with Crippen LogP contribution in [-0.4, -0.2) is 11.9 Å². The van der Waals surface area contributed by atoms with Crippen molar-refractivity contribution in [2.24, 2.45) is 17.4 Å². The topological polar surface area (TPSA) is 69.1 Å². The Hall–Kier alpha value is -0.570. The van der Waals surface area contributed by atoms with Gasteiger partial charge < -0.3 is 11.5 Å². The maximum Gasteiger partial charge on any atom is 0.234 e. The Morgan fingerprint density at radius 2 is 2.09 bits per heavy atom. The van der Waals surface area contributed by atoms with Gasteiger partial charge in [-0.15, -0.1) is 0 Å². The standard InChI is InChI=1S/C8H18N2O/c1-3-4-6(2)5-7(9)8(10)11/h6-7H,3-5,9H2,1-2H3,(H2,10,11). The van der Waals surface area contributed by atoms with E-state index in [9.17, 15) is 4.79 Å². The van der Waals surface area contributed by atoms with Crippen molar-refractivity contribution >= 4 is 5.91 Å². The van der Waals surface area contributed by atoms with Crippen molar-refractivity contribution in [3.63, 3.8) is 0 Å². The summed E-state index contributed by atoms with van der Waals surface area (Å²) in [5, 5.41) is 0. The van der Waals surface area contributed by atoms with Gasteiger partial charge in [0.25, 0.3) is 0 Å². The Labute approximate surface area is 68.1 Å².